The van der Waals surface area contributed by atoms with Crippen LogP contribution in [0.1, 0.15) is 60.5 Å². The van der Waals surface area contributed by atoms with Gasteiger partial charge in [0.05, 0.1) is 35.4 Å². The maximum absolute atomic E-state index is 14.3. The van der Waals surface area contributed by atoms with Crippen LogP contribution in [0.4, 0.5) is 4.39 Å². The number of ether oxygens (including phenoxy) is 1. The second-order valence-corrected chi connectivity index (χ2v) is 8.80. The number of nitrogens with two attached hydrogens (primary N) is 1. The molecule has 1 aromatic carbocycles. The Morgan fingerprint density at radius 3 is 2.75 bits per heavy atom. The number of rotatable bonds is 2. The van der Waals surface area contributed by atoms with Crippen LogP contribution in [0.25, 0.3) is 22.3 Å². The van der Waals surface area contributed by atoms with E-state index in [0.29, 0.717) is 28.0 Å². The zero-order valence-electron chi connectivity index (χ0n) is 18.2. The maximum atomic E-state index is 14.3. The molecule has 5 rings (SSSR count). The van der Waals surface area contributed by atoms with Crippen LogP contribution in [-0.4, -0.2) is 20.6 Å². The Morgan fingerprint density at radius 2 is 2.06 bits per heavy atom. The van der Waals surface area contributed by atoms with Crippen molar-refractivity contribution >= 4 is 16.9 Å². The fourth-order valence-electron chi connectivity index (χ4n) is 4.96. The predicted molar refractivity (Wildman–Crippen MR) is 116 cm³/mol. The number of carbonyl (C=O) groups excluding carboxylic acids is 1. The summed E-state index contributed by atoms with van der Waals surface area (Å²) in [7, 11) is 0. The Kier molecular flexibility index (Phi) is 4.51. The second kappa shape index (κ2) is 6.95. The lowest BCUT2D eigenvalue weighted by Gasteiger charge is -2.26. The molecule has 2 atom stereocenters. The third-order valence-electron chi connectivity index (χ3n) is 6.73. The van der Waals surface area contributed by atoms with Gasteiger partial charge in [-0.15, -0.1) is 0 Å². The summed E-state index contributed by atoms with van der Waals surface area (Å²) in [6, 6.07) is 4.49. The fourth-order valence-corrected chi connectivity index (χ4v) is 4.96. The zero-order chi connectivity index (χ0) is 22.9. The lowest BCUT2D eigenvalue weighted by molar-refractivity contribution is -0.149. The third kappa shape index (κ3) is 2.83. The van der Waals surface area contributed by atoms with Crippen LogP contribution in [-0.2, 0) is 28.3 Å². The molecule has 0 radical (unpaired) electrons. The number of hydrogen-bond donors (Lipinski definition) is 2. The molecule has 0 aliphatic carbocycles. The van der Waals surface area contributed by atoms with E-state index in [0.717, 1.165) is 16.5 Å². The van der Waals surface area contributed by atoms with Gasteiger partial charge in [0.25, 0.3) is 5.56 Å². The number of esters is 1. The predicted octanol–water partition coefficient (Wildman–Crippen LogP) is 2.94. The lowest BCUT2D eigenvalue weighted by atomic mass is 9.85. The summed E-state index contributed by atoms with van der Waals surface area (Å²) in [5.41, 5.74) is 8.80. The summed E-state index contributed by atoms with van der Waals surface area (Å²) in [5.74, 6) is -0.918. The molecule has 0 saturated carbocycles. The number of benzene rings is 1. The van der Waals surface area contributed by atoms with E-state index in [1.54, 1.807) is 30.5 Å². The number of pyridine rings is 2. The third-order valence-corrected chi connectivity index (χ3v) is 6.73. The number of cyclic esters (lactones) is 1. The molecule has 2 aliphatic rings. The van der Waals surface area contributed by atoms with E-state index >= 15 is 0 Å². The van der Waals surface area contributed by atoms with E-state index in [2.05, 4.69) is 0 Å². The largest absolute Gasteiger partial charge is 0.460 e. The maximum Gasteiger partial charge on any atom is 0.309 e. The molecule has 0 unspecified atom stereocenters. The normalized spacial score (nSPS) is 20.4. The fraction of sp³-hybridized carbons (Fsp3) is 0.375. The number of hydrogen-bond acceptors (Lipinski definition) is 6. The Balaban J connectivity index is 1.84. The van der Waals surface area contributed by atoms with Crippen LogP contribution < -0.4 is 11.3 Å². The molecule has 0 fully saturated rings. The summed E-state index contributed by atoms with van der Waals surface area (Å²) >= 11 is 0. The van der Waals surface area contributed by atoms with Crippen molar-refractivity contribution in [1.82, 2.24) is 9.55 Å². The Hall–Kier alpha value is -3.10. The summed E-state index contributed by atoms with van der Waals surface area (Å²) < 4.78 is 21.1. The number of halogens is 1. The molecule has 32 heavy (non-hydrogen) atoms. The Labute approximate surface area is 183 Å². The van der Waals surface area contributed by atoms with Gasteiger partial charge in [-0.3, -0.25) is 9.59 Å². The lowest BCUT2D eigenvalue weighted by Crippen LogP contribution is -2.32. The topological polar surface area (TPSA) is 107 Å². The van der Waals surface area contributed by atoms with Crippen molar-refractivity contribution in [3.8, 4) is 11.4 Å². The molecule has 4 heterocycles. The molecule has 0 spiro atoms. The van der Waals surface area contributed by atoms with Crippen LogP contribution in [0.5, 0.6) is 0 Å². The molecule has 7 nitrogen and oxygen atoms in total. The van der Waals surface area contributed by atoms with Gasteiger partial charge in [0.2, 0.25) is 0 Å². The summed E-state index contributed by atoms with van der Waals surface area (Å²) in [6.07, 6.45) is 0.0124. The van der Waals surface area contributed by atoms with E-state index in [1.165, 1.54) is 6.07 Å². The van der Waals surface area contributed by atoms with E-state index in [4.69, 9.17) is 15.5 Å². The number of aromatic nitrogens is 2. The molecule has 3 aromatic rings. The molecule has 166 valence electrons. The highest BCUT2D eigenvalue weighted by atomic mass is 19.1. The molecule has 8 heteroatoms. The first kappa shape index (κ1) is 20.8. The molecule has 2 aromatic heterocycles. The van der Waals surface area contributed by atoms with E-state index in [9.17, 15) is 19.1 Å². The van der Waals surface area contributed by atoms with Gasteiger partial charge < -0.3 is 20.1 Å². The highest BCUT2D eigenvalue weighted by molar-refractivity contribution is 5.89. The second-order valence-electron chi connectivity index (χ2n) is 8.80. The minimum atomic E-state index is -1.51. The zero-order valence-corrected chi connectivity index (χ0v) is 18.2. The van der Waals surface area contributed by atoms with Crippen molar-refractivity contribution in [2.75, 3.05) is 0 Å². The molecule has 0 bridgehead atoms. The van der Waals surface area contributed by atoms with Crippen LogP contribution in [0.2, 0.25) is 0 Å². The van der Waals surface area contributed by atoms with Crippen molar-refractivity contribution < 1.29 is 19.0 Å². The van der Waals surface area contributed by atoms with Crippen LogP contribution >= 0.6 is 0 Å². The van der Waals surface area contributed by atoms with Crippen molar-refractivity contribution in [3.05, 3.63) is 62.2 Å². The van der Waals surface area contributed by atoms with Gasteiger partial charge in [-0.05, 0) is 49.1 Å². The number of nitrogens with zero attached hydrogens (tertiary/aromatic N) is 2. The smallest absolute Gasteiger partial charge is 0.309 e. The van der Waals surface area contributed by atoms with Crippen molar-refractivity contribution in [2.45, 2.75) is 58.4 Å². The van der Waals surface area contributed by atoms with E-state index in [1.807, 2.05) is 6.92 Å². The summed E-state index contributed by atoms with van der Waals surface area (Å²) in [4.78, 5) is 30.2. The van der Waals surface area contributed by atoms with Gasteiger partial charge in [-0.2, -0.15) is 0 Å². The standard InChI is InChI=1S/C24H24FN3O4/c1-4-24(31)8-20(29)32-10-15-16(24)6-19-22-14(9-28(19)23(15)30)21(12(3)26)13-5-11(2)17(25)7-18(13)27-22/h5-7,12,31H,4,8-10,26H2,1-3H3/t12-,24-/m1/s1. The van der Waals surface area contributed by atoms with Gasteiger partial charge >= 0.3 is 5.97 Å². The Bertz CT molecular complexity index is 1380. The van der Waals surface area contributed by atoms with Crippen LogP contribution in [0, 0.1) is 12.7 Å². The molecular weight excluding hydrogens is 413 g/mol. The highest BCUT2D eigenvalue weighted by Gasteiger charge is 2.40. The number of carbonyl (C=O) groups is 1. The highest BCUT2D eigenvalue weighted by Crippen LogP contribution is 2.41. The molecule has 0 saturated heterocycles. The van der Waals surface area contributed by atoms with Gasteiger partial charge in [-0.25, -0.2) is 9.37 Å². The number of aryl methyl sites for hydroxylation is 1. The Morgan fingerprint density at radius 1 is 1.31 bits per heavy atom. The molecular formula is C24H24FN3O4. The monoisotopic (exact) mass is 437 g/mol. The average Bonchev–Trinajstić information content (AvgIpc) is 3.03. The molecule has 3 N–H and O–H groups in total. The number of fused-ring (bicyclic) bond motifs is 5. The van der Waals surface area contributed by atoms with Gasteiger partial charge in [0.15, 0.2) is 0 Å². The van der Waals surface area contributed by atoms with Crippen molar-refractivity contribution in [2.24, 2.45) is 5.73 Å². The van der Waals surface area contributed by atoms with Crippen molar-refractivity contribution in [1.29, 1.82) is 0 Å². The minimum Gasteiger partial charge on any atom is -0.460 e. The average molecular weight is 437 g/mol. The first-order valence-corrected chi connectivity index (χ1v) is 10.7. The van der Waals surface area contributed by atoms with Crippen molar-refractivity contribution in [3.63, 3.8) is 0 Å². The minimum absolute atomic E-state index is 0.189. The molecule has 0 amide bonds. The summed E-state index contributed by atoms with van der Waals surface area (Å²) in [5, 5.41) is 12.0. The van der Waals surface area contributed by atoms with E-state index in [-0.39, 0.29) is 49.0 Å². The van der Waals surface area contributed by atoms with Crippen LogP contribution in [0.15, 0.2) is 23.0 Å². The number of aliphatic hydroxyl groups is 1. The van der Waals surface area contributed by atoms with Gasteiger partial charge in [-0.1, -0.05) is 6.92 Å². The first-order valence-electron chi connectivity index (χ1n) is 10.7. The first-order chi connectivity index (χ1) is 15.1. The summed E-state index contributed by atoms with van der Waals surface area (Å²) in [6.45, 7) is 5.36. The molecule has 2 aliphatic heterocycles. The van der Waals surface area contributed by atoms with E-state index < -0.39 is 11.6 Å². The quantitative estimate of drug-likeness (QED) is 0.467. The SMILES string of the molecule is CC[C@@]1(O)CC(=O)OCc2c1cc1n(c2=O)Cc2c-1nc1cc(F)c(C)cc1c2[C@@H](C)N. The van der Waals surface area contributed by atoms with Gasteiger partial charge in [0.1, 0.15) is 18.0 Å². The van der Waals surface area contributed by atoms with Gasteiger partial charge in [0, 0.05) is 23.1 Å². The van der Waals surface area contributed by atoms with Crippen LogP contribution in [0.3, 0.4) is 0 Å².